The predicted molar refractivity (Wildman–Crippen MR) is 86.5 cm³/mol. The summed E-state index contributed by atoms with van der Waals surface area (Å²) in [6.45, 7) is 4.22. The molecule has 1 rings (SSSR count). The summed E-state index contributed by atoms with van der Waals surface area (Å²) in [5.74, 6) is 0.947. The summed E-state index contributed by atoms with van der Waals surface area (Å²) in [5, 5.41) is 0. The molecule has 0 bridgehead atoms. The second kappa shape index (κ2) is 7.45. The van der Waals surface area contributed by atoms with E-state index in [2.05, 4.69) is 0 Å². The first-order valence-electron chi connectivity index (χ1n) is 6.61. The van der Waals surface area contributed by atoms with Crippen molar-refractivity contribution < 1.29 is 8.42 Å². The highest BCUT2D eigenvalue weighted by molar-refractivity contribution is 7.98. The van der Waals surface area contributed by atoms with Gasteiger partial charge in [0, 0.05) is 19.6 Å². The summed E-state index contributed by atoms with van der Waals surface area (Å²) in [7, 11) is -1.81. The number of nitrogens with two attached hydrogens (primary N) is 1. The number of thioether (sulfide) groups is 1. The standard InChI is InChI=1S/C14H24N2O2S2/c1-11-5-6-14(9-13(11)10-15)20(17,18)16(3)12(2)7-8-19-4/h5-6,9,12H,7-8,10,15H2,1-4H3. The van der Waals surface area contributed by atoms with Crippen LogP contribution in [0.15, 0.2) is 23.1 Å². The molecule has 0 aliphatic carbocycles. The lowest BCUT2D eigenvalue weighted by Crippen LogP contribution is -2.35. The molecule has 1 unspecified atom stereocenters. The molecule has 0 aliphatic heterocycles. The van der Waals surface area contributed by atoms with Gasteiger partial charge in [-0.1, -0.05) is 6.07 Å². The Hall–Kier alpha value is -0.560. The molecule has 114 valence electrons. The van der Waals surface area contributed by atoms with E-state index < -0.39 is 10.0 Å². The van der Waals surface area contributed by atoms with E-state index in [9.17, 15) is 8.42 Å². The Labute approximate surface area is 126 Å². The zero-order valence-corrected chi connectivity index (χ0v) is 14.2. The van der Waals surface area contributed by atoms with Gasteiger partial charge in [-0.2, -0.15) is 16.1 Å². The van der Waals surface area contributed by atoms with E-state index in [1.807, 2.05) is 26.2 Å². The van der Waals surface area contributed by atoms with Gasteiger partial charge < -0.3 is 5.73 Å². The fourth-order valence-corrected chi connectivity index (χ4v) is 3.92. The highest BCUT2D eigenvalue weighted by Crippen LogP contribution is 2.21. The number of hydrogen-bond acceptors (Lipinski definition) is 4. The molecule has 2 N–H and O–H groups in total. The van der Waals surface area contributed by atoms with E-state index in [0.717, 1.165) is 23.3 Å². The van der Waals surface area contributed by atoms with Crippen LogP contribution in [0.5, 0.6) is 0 Å². The molecule has 0 aromatic heterocycles. The predicted octanol–water partition coefficient (Wildman–Crippen LogP) is 2.22. The summed E-state index contributed by atoms with van der Waals surface area (Å²) in [4.78, 5) is 0.321. The molecule has 0 spiro atoms. The molecule has 1 aromatic rings. The van der Waals surface area contributed by atoms with Crippen molar-refractivity contribution in [1.82, 2.24) is 4.31 Å². The van der Waals surface area contributed by atoms with Crippen molar-refractivity contribution in [3.8, 4) is 0 Å². The monoisotopic (exact) mass is 316 g/mol. The molecule has 6 heteroatoms. The maximum absolute atomic E-state index is 12.6. The van der Waals surface area contributed by atoms with E-state index in [1.165, 1.54) is 4.31 Å². The molecule has 0 radical (unpaired) electrons. The Morgan fingerprint density at radius 2 is 2.05 bits per heavy atom. The summed E-state index contributed by atoms with van der Waals surface area (Å²) >= 11 is 1.72. The average Bonchev–Trinajstić information content (AvgIpc) is 2.44. The largest absolute Gasteiger partial charge is 0.326 e. The lowest BCUT2D eigenvalue weighted by molar-refractivity contribution is 0.382. The van der Waals surface area contributed by atoms with E-state index in [0.29, 0.717) is 11.4 Å². The summed E-state index contributed by atoms with van der Waals surface area (Å²) in [6.07, 6.45) is 2.86. The highest BCUT2D eigenvalue weighted by Gasteiger charge is 2.25. The summed E-state index contributed by atoms with van der Waals surface area (Å²) in [5.41, 5.74) is 7.54. The third kappa shape index (κ3) is 3.97. The van der Waals surface area contributed by atoms with Crippen LogP contribution >= 0.6 is 11.8 Å². The molecule has 20 heavy (non-hydrogen) atoms. The Kier molecular flexibility index (Phi) is 6.51. The fourth-order valence-electron chi connectivity index (χ4n) is 1.90. The van der Waals surface area contributed by atoms with Crippen LogP contribution in [0.2, 0.25) is 0 Å². The van der Waals surface area contributed by atoms with Crippen molar-refractivity contribution in [3.63, 3.8) is 0 Å². The average molecular weight is 316 g/mol. The van der Waals surface area contributed by atoms with Crippen LogP contribution in [0.4, 0.5) is 0 Å². The van der Waals surface area contributed by atoms with Gasteiger partial charge in [0.1, 0.15) is 0 Å². The normalized spacial score (nSPS) is 13.7. The first-order chi connectivity index (χ1) is 9.34. The van der Waals surface area contributed by atoms with Gasteiger partial charge in [-0.3, -0.25) is 0 Å². The van der Waals surface area contributed by atoms with Crippen molar-refractivity contribution in [1.29, 1.82) is 0 Å². The summed E-state index contributed by atoms with van der Waals surface area (Å²) < 4.78 is 26.6. The van der Waals surface area contributed by atoms with Gasteiger partial charge in [0.05, 0.1) is 4.90 Å². The molecular formula is C14H24N2O2S2. The van der Waals surface area contributed by atoms with Crippen LogP contribution in [0.1, 0.15) is 24.5 Å². The molecule has 1 atom stereocenters. The van der Waals surface area contributed by atoms with Crippen molar-refractivity contribution in [3.05, 3.63) is 29.3 Å². The van der Waals surface area contributed by atoms with Crippen LogP contribution in [0.3, 0.4) is 0 Å². The van der Waals surface area contributed by atoms with Crippen LogP contribution in [-0.4, -0.2) is 37.8 Å². The van der Waals surface area contributed by atoms with Gasteiger partial charge in [0.25, 0.3) is 0 Å². The van der Waals surface area contributed by atoms with E-state index in [-0.39, 0.29) is 6.04 Å². The number of benzene rings is 1. The van der Waals surface area contributed by atoms with Gasteiger partial charge in [0.2, 0.25) is 10.0 Å². The first kappa shape index (κ1) is 17.5. The van der Waals surface area contributed by atoms with Gasteiger partial charge in [-0.05, 0) is 55.5 Å². The molecule has 0 saturated heterocycles. The third-order valence-electron chi connectivity index (χ3n) is 3.58. The lowest BCUT2D eigenvalue weighted by Gasteiger charge is -2.24. The maximum atomic E-state index is 12.6. The van der Waals surface area contributed by atoms with Crippen LogP contribution in [-0.2, 0) is 16.6 Å². The minimum absolute atomic E-state index is 0.0184. The number of sulfonamides is 1. The van der Waals surface area contributed by atoms with Crippen molar-refractivity contribution in [2.24, 2.45) is 5.73 Å². The van der Waals surface area contributed by atoms with Gasteiger partial charge in [-0.25, -0.2) is 8.42 Å². The number of rotatable bonds is 7. The fraction of sp³-hybridized carbons (Fsp3) is 0.571. The van der Waals surface area contributed by atoms with Crippen molar-refractivity contribution in [2.75, 3.05) is 19.1 Å². The van der Waals surface area contributed by atoms with Crippen molar-refractivity contribution in [2.45, 2.75) is 37.8 Å². The zero-order chi connectivity index (χ0) is 15.3. The van der Waals surface area contributed by atoms with Crippen LogP contribution in [0.25, 0.3) is 0 Å². The van der Waals surface area contributed by atoms with Gasteiger partial charge in [-0.15, -0.1) is 0 Å². The molecule has 0 amide bonds. The van der Waals surface area contributed by atoms with Gasteiger partial charge >= 0.3 is 0 Å². The van der Waals surface area contributed by atoms with Gasteiger partial charge in [0.15, 0.2) is 0 Å². The first-order valence-corrected chi connectivity index (χ1v) is 9.44. The smallest absolute Gasteiger partial charge is 0.243 e. The molecule has 0 heterocycles. The molecule has 0 aliphatic rings. The summed E-state index contributed by atoms with van der Waals surface area (Å²) in [6, 6.07) is 5.13. The quantitative estimate of drug-likeness (QED) is 0.838. The maximum Gasteiger partial charge on any atom is 0.243 e. The molecule has 0 saturated carbocycles. The molecular weight excluding hydrogens is 292 g/mol. The van der Waals surface area contributed by atoms with E-state index in [1.54, 1.807) is 30.9 Å². The van der Waals surface area contributed by atoms with E-state index in [4.69, 9.17) is 5.73 Å². The molecule has 1 aromatic carbocycles. The molecule has 0 fully saturated rings. The number of aryl methyl sites for hydroxylation is 1. The molecule has 4 nitrogen and oxygen atoms in total. The lowest BCUT2D eigenvalue weighted by atomic mass is 10.1. The van der Waals surface area contributed by atoms with Crippen LogP contribution < -0.4 is 5.73 Å². The second-order valence-corrected chi connectivity index (χ2v) is 7.93. The SMILES string of the molecule is CSCCC(C)N(C)S(=O)(=O)c1ccc(C)c(CN)c1. The zero-order valence-electron chi connectivity index (χ0n) is 12.6. The Morgan fingerprint density at radius 3 is 2.60 bits per heavy atom. The Bertz CT molecular complexity index is 544. The Balaban J connectivity index is 3.03. The van der Waals surface area contributed by atoms with Crippen LogP contribution in [0, 0.1) is 6.92 Å². The number of hydrogen-bond donors (Lipinski definition) is 1. The third-order valence-corrected chi connectivity index (χ3v) is 6.19. The second-order valence-electron chi connectivity index (χ2n) is 4.94. The van der Waals surface area contributed by atoms with Crippen molar-refractivity contribution >= 4 is 21.8 Å². The minimum atomic E-state index is -3.45. The Morgan fingerprint density at radius 1 is 1.40 bits per heavy atom. The number of nitrogens with zero attached hydrogens (tertiary/aromatic N) is 1. The topological polar surface area (TPSA) is 63.4 Å². The minimum Gasteiger partial charge on any atom is -0.326 e. The highest BCUT2D eigenvalue weighted by atomic mass is 32.2. The van der Waals surface area contributed by atoms with E-state index >= 15 is 0 Å².